The zero-order valence-electron chi connectivity index (χ0n) is 12.1. The van der Waals surface area contributed by atoms with Gasteiger partial charge in [-0.25, -0.2) is 9.98 Å². The van der Waals surface area contributed by atoms with Gasteiger partial charge in [-0.1, -0.05) is 36.4 Å². The maximum Gasteiger partial charge on any atom is 0.132 e. The van der Waals surface area contributed by atoms with E-state index in [-0.39, 0.29) is 0 Å². The molecule has 1 aliphatic carbocycles. The van der Waals surface area contributed by atoms with Crippen molar-refractivity contribution in [1.29, 1.82) is 0 Å². The van der Waals surface area contributed by atoms with Gasteiger partial charge in [0.1, 0.15) is 11.4 Å². The number of hydrogen-bond acceptors (Lipinski definition) is 5. The van der Waals surface area contributed by atoms with Gasteiger partial charge in [0, 0.05) is 0 Å². The highest BCUT2D eigenvalue weighted by molar-refractivity contribution is 6.99. The number of aromatic nitrogens is 2. The van der Waals surface area contributed by atoms with Gasteiger partial charge in [0.2, 0.25) is 0 Å². The third-order valence-electron chi connectivity index (χ3n) is 3.38. The Morgan fingerprint density at radius 3 is 1.48 bits per heavy atom. The van der Waals surface area contributed by atoms with Crippen LogP contribution in [0.5, 0.6) is 0 Å². The second-order valence-corrected chi connectivity index (χ2v) is 5.49. The van der Waals surface area contributed by atoms with Crippen LogP contribution in [-0.4, -0.2) is 20.2 Å². The average Bonchev–Trinajstić information content (AvgIpc) is 3.09. The van der Waals surface area contributed by atoms with E-state index in [9.17, 15) is 0 Å². The minimum Gasteiger partial charge on any atom is -0.247 e. The number of benzene rings is 2. The van der Waals surface area contributed by atoms with Crippen LogP contribution in [0.3, 0.4) is 0 Å². The van der Waals surface area contributed by atoms with Crippen molar-refractivity contribution in [2.24, 2.45) is 9.98 Å². The van der Waals surface area contributed by atoms with E-state index in [1.807, 2.05) is 72.8 Å². The molecule has 2 aromatic carbocycles. The minimum absolute atomic E-state index is 0.788. The summed E-state index contributed by atoms with van der Waals surface area (Å²) < 4.78 is 8.79. The van der Waals surface area contributed by atoms with Gasteiger partial charge in [0.05, 0.1) is 34.5 Å². The first-order chi connectivity index (χ1) is 11.4. The van der Waals surface area contributed by atoms with Gasteiger partial charge in [-0.2, -0.15) is 8.75 Å². The van der Waals surface area contributed by atoms with Crippen LogP contribution in [0.2, 0.25) is 0 Å². The number of nitrogens with zero attached hydrogens (tertiary/aromatic N) is 4. The Balaban J connectivity index is 1.76. The van der Waals surface area contributed by atoms with Crippen molar-refractivity contribution in [3.05, 3.63) is 84.2 Å². The van der Waals surface area contributed by atoms with Crippen LogP contribution in [-0.2, 0) is 0 Å². The van der Waals surface area contributed by atoms with Crippen LogP contribution in [0.15, 0.2) is 82.8 Å². The van der Waals surface area contributed by atoms with Crippen LogP contribution in [0.25, 0.3) is 0 Å². The first-order valence-corrected chi connectivity index (χ1v) is 7.92. The average molecular weight is 316 g/mol. The molecule has 0 atom stereocenters. The van der Waals surface area contributed by atoms with E-state index < -0.39 is 0 Å². The predicted molar refractivity (Wildman–Crippen MR) is 94.3 cm³/mol. The van der Waals surface area contributed by atoms with Crippen molar-refractivity contribution in [3.8, 4) is 0 Å². The molecule has 1 heterocycles. The molecule has 4 nitrogen and oxygen atoms in total. The molecule has 1 aliphatic rings. The topological polar surface area (TPSA) is 50.5 Å². The largest absolute Gasteiger partial charge is 0.247 e. The molecule has 0 saturated heterocycles. The lowest BCUT2D eigenvalue weighted by Gasteiger charge is -2.08. The molecular weight excluding hydrogens is 304 g/mol. The van der Waals surface area contributed by atoms with Crippen molar-refractivity contribution >= 4 is 34.5 Å². The van der Waals surface area contributed by atoms with Crippen LogP contribution < -0.4 is 0 Å². The number of rotatable bonds is 2. The summed E-state index contributed by atoms with van der Waals surface area (Å²) >= 11 is 1.18. The predicted octanol–water partition coefficient (Wildman–Crippen LogP) is 4.35. The summed E-state index contributed by atoms with van der Waals surface area (Å²) in [5.74, 6) is 0. The van der Waals surface area contributed by atoms with Crippen molar-refractivity contribution in [2.45, 2.75) is 0 Å². The van der Waals surface area contributed by atoms with Crippen molar-refractivity contribution in [1.82, 2.24) is 8.75 Å². The fraction of sp³-hybridized carbons (Fsp3) is 0. The van der Waals surface area contributed by atoms with Crippen LogP contribution in [0, 0.1) is 0 Å². The highest BCUT2D eigenvalue weighted by atomic mass is 32.1. The molecular formula is C18H12N4S. The lowest BCUT2D eigenvalue weighted by Crippen LogP contribution is -2.12. The zero-order chi connectivity index (χ0) is 15.5. The molecule has 5 heteroatoms. The summed E-state index contributed by atoms with van der Waals surface area (Å²) in [4.78, 5) is 9.30. The molecule has 0 unspecified atom stereocenters. The number of fused-ring (bicyclic) bond motifs is 1. The van der Waals surface area contributed by atoms with E-state index in [0.29, 0.717) is 0 Å². The van der Waals surface area contributed by atoms with E-state index >= 15 is 0 Å². The second-order valence-electron chi connectivity index (χ2n) is 4.96. The Labute approximate surface area is 137 Å². The van der Waals surface area contributed by atoms with Gasteiger partial charge < -0.3 is 0 Å². The van der Waals surface area contributed by atoms with E-state index in [1.54, 1.807) is 0 Å². The molecule has 0 bridgehead atoms. The summed E-state index contributed by atoms with van der Waals surface area (Å²) in [6.07, 6.45) is 3.89. The van der Waals surface area contributed by atoms with Crippen molar-refractivity contribution in [3.63, 3.8) is 0 Å². The van der Waals surface area contributed by atoms with Crippen LogP contribution >= 0.6 is 11.7 Å². The number of para-hydroxylation sites is 2. The number of allylic oxidation sites excluding steroid dienone is 2. The Hall–Kier alpha value is -2.92. The third-order valence-corrected chi connectivity index (χ3v) is 3.91. The van der Waals surface area contributed by atoms with Gasteiger partial charge in [-0.15, -0.1) is 0 Å². The molecule has 0 amide bonds. The van der Waals surface area contributed by atoms with E-state index in [0.717, 1.165) is 34.2 Å². The summed E-state index contributed by atoms with van der Waals surface area (Å²) in [6, 6.07) is 19.7. The Bertz CT molecular complexity index is 834. The number of aliphatic imine (C=N–C) groups is 2. The van der Waals surface area contributed by atoms with Gasteiger partial charge >= 0.3 is 0 Å². The summed E-state index contributed by atoms with van der Waals surface area (Å²) in [7, 11) is 0. The third kappa shape index (κ3) is 2.86. The first-order valence-electron chi connectivity index (χ1n) is 7.19. The van der Waals surface area contributed by atoms with Crippen molar-refractivity contribution in [2.75, 3.05) is 0 Å². The van der Waals surface area contributed by atoms with Crippen molar-refractivity contribution < 1.29 is 0 Å². The summed E-state index contributed by atoms with van der Waals surface area (Å²) in [6.45, 7) is 0. The normalized spacial score (nSPS) is 16.7. The molecule has 0 spiro atoms. The smallest absolute Gasteiger partial charge is 0.132 e. The molecule has 0 fully saturated rings. The van der Waals surface area contributed by atoms with Gasteiger partial charge in [-0.3, -0.25) is 0 Å². The summed E-state index contributed by atoms with van der Waals surface area (Å²) in [5.41, 5.74) is 5.00. The molecule has 4 rings (SSSR count). The minimum atomic E-state index is 0.788. The fourth-order valence-corrected chi connectivity index (χ4v) is 2.87. The lowest BCUT2D eigenvalue weighted by atomic mass is 10.0. The molecule has 0 N–H and O–H groups in total. The molecule has 1 aromatic heterocycles. The quantitative estimate of drug-likeness (QED) is 0.705. The molecule has 0 saturated carbocycles. The van der Waals surface area contributed by atoms with Crippen LogP contribution in [0.4, 0.5) is 11.4 Å². The first kappa shape index (κ1) is 13.7. The monoisotopic (exact) mass is 316 g/mol. The summed E-state index contributed by atoms with van der Waals surface area (Å²) in [5, 5.41) is 0. The van der Waals surface area contributed by atoms with E-state index in [1.165, 1.54) is 11.7 Å². The molecule has 23 heavy (non-hydrogen) atoms. The Kier molecular flexibility index (Phi) is 3.62. The van der Waals surface area contributed by atoms with Gasteiger partial charge in [-0.05, 0) is 36.4 Å². The van der Waals surface area contributed by atoms with E-state index in [4.69, 9.17) is 0 Å². The lowest BCUT2D eigenvalue weighted by molar-refractivity contribution is 1.37. The molecule has 0 radical (unpaired) electrons. The number of hydrogen-bond donors (Lipinski definition) is 0. The Morgan fingerprint density at radius 1 is 0.609 bits per heavy atom. The standard InChI is InChI=1S/C18H12N4S/c1-3-7-13(8-4-1)19-15-11-12-16(18-17(15)21-23-22-18)20-14-9-5-2-6-10-14/h1-12H. The maximum absolute atomic E-state index is 4.65. The maximum atomic E-state index is 4.65. The second kappa shape index (κ2) is 6.06. The highest BCUT2D eigenvalue weighted by Gasteiger charge is 2.21. The zero-order valence-corrected chi connectivity index (χ0v) is 12.9. The van der Waals surface area contributed by atoms with Crippen LogP contribution in [0.1, 0.15) is 11.4 Å². The fourth-order valence-electron chi connectivity index (χ4n) is 2.30. The van der Waals surface area contributed by atoms with E-state index in [2.05, 4.69) is 18.7 Å². The molecule has 3 aromatic rings. The van der Waals surface area contributed by atoms with Gasteiger partial charge in [0.15, 0.2) is 0 Å². The SMILES string of the molecule is C1=CC(=Nc2ccccc2)c2nsnc2C1=Nc1ccccc1. The molecule has 110 valence electrons. The Morgan fingerprint density at radius 2 is 1.04 bits per heavy atom. The van der Waals surface area contributed by atoms with Gasteiger partial charge in [0.25, 0.3) is 0 Å². The molecule has 0 aliphatic heterocycles. The highest BCUT2D eigenvalue weighted by Crippen LogP contribution is 2.22.